The van der Waals surface area contributed by atoms with Crippen LogP contribution in [0.4, 0.5) is 0 Å². The predicted molar refractivity (Wildman–Crippen MR) is 83.4 cm³/mol. The molecule has 2 N–H and O–H groups in total. The lowest BCUT2D eigenvalue weighted by atomic mass is 9.84. The summed E-state index contributed by atoms with van der Waals surface area (Å²) in [7, 11) is -1.66. The summed E-state index contributed by atoms with van der Waals surface area (Å²) in [4.78, 5) is 4.07. The zero-order valence-electron chi connectivity index (χ0n) is 12.9. The lowest BCUT2D eigenvalue weighted by Crippen LogP contribution is -2.36. The minimum absolute atomic E-state index is 0.103. The smallest absolute Gasteiger partial charge is 0.258 e. The highest BCUT2D eigenvalue weighted by Crippen LogP contribution is 2.40. The van der Waals surface area contributed by atoms with Gasteiger partial charge in [0, 0.05) is 19.3 Å². The average molecular weight is 311 g/mol. The lowest BCUT2D eigenvalue weighted by Gasteiger charge is -2.27. The molecule has 0 atom stereocenters. The van der Waals surface area contributed by atoms with Gasteiger partial charge in [0.1, 0.15) is 0 Å². The molecule has 1 aromatic heterocycles. The Labute approximate surface area is 127 Å². The van der Waals surface area contributed by atoms with Gasteiger partial charge in [0.2, 0.25) is 0 Å². The van der Waals surface area contributed by atoms with Crippen molar-refractivity contribution in [2.24, 2.45) is 5.41 Å². The molecule has 118 valence electrons. The van der Waals surface area contributed by atoms with Crippen LogP contribution in [0.3, 0.4) is 0 Å². The van der Waals surface area contributed by atoms with Gasteiger partial charge in [-0.15, -0.1) is 0 Å². The van der Waals surface area contributed by atoms with Gasteiger partial charge < -0.3 is 5.32 Å². The van der Waals surface area contributed by atoms with E-state index < -0.39 is 10.0 Å². The molecule has 0 spiro atoms. The molecule has 1 fully saturated rings. The maximum absolute atomic E-state index is 12.3. The number of pyridine rings is 1. The lowest BCUT2D eigenvalue weighted by molar-refractivity contribution is 0.285. The summed E-state index contributed by atoms with van der Waals surface area (Å²) in [5.74, 6) is 0. The first-order valence-corrected chi connectivity index (χ1v) is 9.09. The minimum Gasteiger partial charge on any atom is -0.316 e. The number of nitrogens with zero attached hydrogens (tertiary/aromatic N) is 1. The van der Waals surface area contributed by atoms with Crippen molar-refractivity contribution in [2.75, 3.05) is 13.6 Å². The van der Waals surface area contributed by atoms with E-state index in [-0.39, 0.29) is 10.4 Å². The fourth-order valence-electron chi connectivity index (χ4n) is 2.98. The maximum Gasteiger partial charge on any atom is 0.258 e. The van der Waals surface area contributed by atoms with Gasteiger partial charge in [-0.1, -0.05) is 25.8 Å². The summed E-state index contributed by atoms with van der Waals surface area (Å²) in [5, 5.41) is 3.12. The normalized spacial score (nSPS) is 18.0. The molecule has 0 radical (unpaired) electrons. The minimum atomic E-state index is -3.51. The summed E-state index contributed by atoms with van der Waals surface area (Å²) in [6.45, 7) is 3.34. The molecule has 0 amide bonds. The molecule has 1 saturated carbocycles. The number of aromatic nitrogens is 1. The molecule has 0 bridgehead atoms. The second-order valence-electron chi connectivity index (χ2n) is 5.92. The van der Waals surface area contributed by atoms with Crippen LogP contribution in [0, 0.1) is 5.41 Å². The molecule has 0 unspecified atom stereocenters. The largest absolute Gasteiger partial charge is 0.316 e. The number of hydrogen-bond donors (Lipinski definition) is 2. The molecule has 0 aliphatic heterocycles. The van der Waals surface area contributed by atoms with Crippen molar-refractivity contribution in [1.29, 1.82) is 0 Å². The summed E-state index contributed by atoms with van der Waals surface area (Å²) in [6, 6.07) is 3.37. The quantitative estimate of drug-likeness (QED) is 0.808. The Morgan fingerprint density at radius 3 is 2.52 bits per heavy atom. The standard InChI is InChI=1S/C15H25N3O2S/c1-3-15(8-4-5-9-15)12-18-21(19,20)14-7-6-13(10-16-2)11-17-14/h6-7,11,16,18H,3-5,8-10,12H2,1-2H3. The first kappa shape index (κ1) is 16.4. The Morgan fingerprint density at radius 2 is 2.00 bits per heavy atom. The van der Waals surface area contributed by atoms with Crippen molar-refractivity contribution in [1.82, 2.24) is 15.0 Å². The van der Waals surface area contributed by atoms with E-state index in [1.807, 2.05) is 7.05 Å². The SMILES string of the molecule is CCC1(CNS(=O)(=O)c2ccc(CNC)cn2)CCCC1. The third-order valence-corrected chi connectivity index (χ3v) is 5.82. The third kappa shape index (κ3) is 4.02. The van der Waals surface area contributed by atoms with Crippen LogP contribution in [-0.4, -0.2) is 27.0 Å². The molecule has 0 saturated heterocycles. The van der Waals surface area contributed by atoms with Crippen molar-refractivity contribution in [3.8, 4) is 0 Å². The van der Waals surface area contributed by atoms with Gasteiger partial charge >= 0.3 is 0 Å². The first-order chi connectivity index (χ1) is 10.0. The fraction of sp³-hybridized carbons (Fsp3) is 0.667. The van der Waals surface area contributed by atoms with Crippen LogP contribution in [0.1, 0.15) is 44.6 Å². The van der Waals surface area contributed by atoms with E-state index in [9.17, 15) is 8.42 Å². The number of hydrogen-bond acceptors (Lipinski definition) is 4. The molecular formula is C15H25N3O2S. The van der Waals surface area contributed by atoms with Crippen molar-refractivity contribution in [3.63, 3.8) is 0 Å². The van der Waals surface area contributed by atoms with Crippen LogP contribution in [-0.2, 0) is 16.6 Å². The van der Waals surface area contributed by atoms with Gasteiger partial charge in [-0.2, -0.15) is 0 Å². The highest BCUT2D eigenvalue weighted by atomic mass is 32.2. The van der Waals surface area contributed by atoms with E-state index >= 15 is 0 Å². The molecular weight excluding hydrogens is 286 g/mol. The predicted octanol–water partition coefficient (Wildman–Crippen LogP) is 2.05. The molecule has 1 aliphatic carbocycles. The van der Waals surface area contributed by atoms with Gasteiger partial charge in [-0.3, -0.25) is 0 Å². The highest BCUT2D eigenvalue weighted by Gasteiger charge is 2.33. The Bertz CT molecular complexity index is 549. The van der Waals surface area contributed by atoms with E-state index in [1.165, 1.54) is 12.8 Å². The zero-order chi connectivity index (χ0) is 15.3. The van der Waals surface area contributed by atoms with Crippen LogP contribution in [0.2, 0.25) is 0 Å². The second kappa shape index (κ2) is 6.85. The maximum atomic E-state index is 12.3. The number of rotatable bonds is 7. The van der Waals surface area contributed by atoms with Crippen LogP contribution < -0.4 is 10.0 Å². The molecule has 2 rings (SSSR count). The number of sulfonamides is 1. The van der Waals surface area contributed by atoms with Crippen LogP contribution >= 0.6 is 0 Å². The van der Waals surface area contributed by atoms with E-state index in [1.54, 1.807) is 18.3 Å². The summed E-state index contributed by atoms with van der Waals surface area (Å²) in [6.07, 6.45) is 7.25. The summed E-state index contributed by atoms with van der Waals surface area (Å²) in [5.41, 5.74) is 1.11. The summed E-state index contributed by atoms with van der Waals surface area (Å²) >= 11 is 0. The van der Waals surface area contributed by atoms with E-state index in [4.69, 9.17) is 0 Å². The first-order valence-electron chi connectivity index (χ1n) is 7.60. The van der Waals surface area contributed by atoms with Gasteiger partial charge in [-0.05, 0) is 43.4 Å². The molecule has 1 aliphatic rings. The Balaban J connectivity index is 2.04. The average Bonchev–Trinajstić information content (AvgIpc) is 2.96. The molecule has 5 nitrogen and oxygen atoms in total. The van der Waals surface area contributed by atoms with Crippen molar-refractivity contribution in [3.05, 3.63) is 23.9 Å². The van der Waals surface area contributed by atoms with E-state index in [0.29, 0.717) is 13.1 Å². The third-order valence-electron chi connectivity index (χ3n) is 4.51. The van der Waals surface area contributed by atoms with Gasteiger partial charge in [0.15, 0.2) is 5.03 Å². The number of nitrogens with one attached hydrogen (secondary N) is 2. The van der Waals surface area contributed by atoms with Crippen LogP contribution in [0.25, 0.3) is 0 Å². The molecule has 21 heavy (non-hydrogen) atoms. The Hall–Kier alpha value is -0.980. The molecule has 6 heteroatoms. The highest BCUT2D eigenvalue weighted by molar-refractivity contribution is 7.89. The Kier molecular flexibility index (Phi) is 5.35. The molecule has 0 aromatic carbocycles. The van der Waals surface area contributed by atoms with Gasteiger partial charge in [0.25, 0.3) is 10.0 Å². The fourth-order valence-corrected chi connectivity index (χ4v) is 4.06. The molecule has 1 heterocycles. The van der Waals surface area contributed by atoms with Gasteiger partial charge in [0.05, 0.1) is 0 Å². The topological polar surface area (TPSA) is 71.1 Å². The van der Waals surface area contributed by atoms with E-state index in [0.717, 1.165) is 24.8 Å². The van der Waals surface area contributed by atoms with Crippen molar-refractivity contribution >= 4 is 10.0 Å². The monoisotopic (exact) mass is 311 g/mol. The van der Waals surface area contributed by atoms with E-state index in [2.05, 4.69) is 21.9 Å². The molecule has 1 aromatic rings. The van der Waals surface area contributed by atoms with Crippen LogP contribution in [0.5, 0.6) is 0 Å². The second-order valence-corrected chi connectivity index (χ2v) is 7.63. The van der Waals surface area contributed by atoms with Crippen molar-refractivity contribution in [2.45, 2.75) is 50.6 Å². The van der Waals surface area contributed by atoms with Gasteiger partial charge in [-0.25, -0.2) is 18.1 Å². The zero-order valence-corrected chi connectivity index (χ0v) is 13.7. The van der Waals surface area contributed by atoms with Crippen LogP contribution in [0.15, 0.2) is 23.4 Å². The summed E-state index contributed by atoms with van der Waals surface area (Å²) < 4.78 is 27.4. The van der Waals surface area contributed by atoms with Crippen molar-refractivity contribution < 1.29 is 8.42 Å². The Morgan fingerprint density at radius 1 is 1.29 bits per heavy atom.